The van der Waals surface area contributed by atoms with Crippen molar-refractivity contribution in [2.45, 2.75) is 44.1 Å². The Morgan fingerprint density at radius 2 is 1.83 bits per heavy atom. The minimum atomic E-state index is -0.314. The van der Waals surface area contributed by atoms with Crippen LogP contribution in [0.3, 0.4) is 0 Å². The first-order valence-corrected chi connectivity index (χ1v) is 6.96. The molecule has 1 aliphatic carbocycles. The van der Waals surface area contributed by atoms with Crippen LogP contribution in [0, 0.1) is 5.82 Å². The molecular weight excluding hydrogens is 251 g/mol. The second-order valence-electron chi connectivity index (χ2n) is 5.18. The minimum absolute atomic E-state index is 0.104. The average molecular weight is 271 g/mol. The minimum Gasteiger partial charge on any atom is -0.378 e. The molecule has 0 saturated heterocycles. The maximum absolute atomic E-state index is 13.3. The fourth-order valence-corrected chi connectivity index (χ4v) is 2.94. The summed E-state index contributed by atoms with van der Waals surface area (Å²) in [5.74, 6) is -0.314. The molecule has 0 aliphatic heterocycles. The van der Waals surface area contributed by atoms with Crippen molar-refractivity contribution in [2.75, 3.05) is 11.9 Å². The van der Waals surface area contributed by atoms with Crippen molar-refractivity contribution in [3.8, 4) is 0 Å². The molecule has 0 atom stereocenters. The van der Waals surface area contributed by atoms with E-state index in [2.05, 4.69) is 5.32 Å². The van der Waals surface area contributed by atoms with Gasteiger partial charge in [-0.2, -0.15) is 0 Å². The largest absolute Gasteiger partial charge is 0.378 e. The number of nitrogens with two attached hydrogens (primary N) is 1. The van der Waals surface area contributed by atoms with E-state index in [4.69, 9.17) is 17.3 Å². The molecule has 100 valence electrons. The number of benzene rings is 1. The maximum Gasteiger partial charge on any atom is 0.126 e. The summed E-state index contributed by atoms with van der Waals surface area (Å²) in [6.45, 7) is 0.571. The molecular formula is C14H20ClFN2. The van der Waals surface area contributed by atoms with Gasteiger partial charge in [-0.25, -0.2) is 4.39 Å². The summed E-state index contributed by atoms with van der Waals surface area (Å²) in [4.78, 5) is 0. The van der Waals surface area contributed by atoms with Crippen LogP contribution in [0.1, 0.15) is 38.5 Å². The topological polar surface area (TPSA) is 38.0 Å². The number of hydrogen-bond donors (Lipinski definition) is 2. The highest BCUT2D eigenvalue weighted by Gasteiger charge is 2.29. The molecule has 1 aliphatic rings. The summed E-state index contributed by atoms with van der Waals surface area (Å²) in [6, 6.07) is 4.55. The molecule has 1 saturated carbocycles. The van der Waals surface area contributed by atoms with Gasteiger partial charge in [0.1, 0.15) is 5.82 Å². The molecule has 0 amide bonds. The van der Waals surface area contributed by atoms with E-state index in [1.165, 1.54) is 37.8 Å². The van der Waals surface area contributed by atoms with Crippen molar-refractivity contribution in [3.05, 3.63) is 29.0 Å². The van der Waals surface area contributed by atoms with Gasteiger partial charge in [-0.15, -0.1) is 0 Å². The van der Waals surface area contributed by atoms with Gasteiger partial charge in [0.05, 0.1) is 0 Å². The second-order valence-corrected chi connectivity index (χ2v) is 5.62. The summed E-state index contributed by atoms with van der Waals surface area (Å²) in [5.41, 5.74) is 6.57. The van der Waals surface area contributed by atoms with Crippen molar-refractivity contribution >= 4 is 17.3 Å². The molecule has 2 rings (SSSR count). The molecule has 0 radical (unpaired) electrons. The van der Waals surface area contributed by atoms with E-state index in [-0.39, 0.29) is 11.4 Å². The van der Waals surface area contributed by atoms with Gasteiger partial charge in [-0.3, -0.25) is 0 Å². The predicted octanol–water partition coefficient (Wildman–Crippen LogP) is 3.94. The predicted molar refractivity (Wildman–Crippen MR) is 74.5 cm³/mol. The van der Waals surface area contributed by atoms with E-state index in [1.54, 1.807) is 6.07 Å². The summed E-state index contributed by atoms with van der Waals surface area (Å²) in [6.07, 6.45) is 6.94. The third-order valence-corrected chi connectivity index (χ3v) is 3.94. The molecule has 0 aromatic heterocycles. The van der Waals surface area contributed by atoms with Gasteiger partial charge in [0.25, 0.3) is 0 Å². The van der Waals surface area contributed by atoms with Gasteiger partial charge in [-0.1, -0.05) is 37.3 Å². The Hall–Kier alpha value is -0.800. The quantitative estimate of drug-likeness (QED) is 0.817. The van der Waals surface area contributed by atoms with Crippen LogP contribution in [-0.2, 0) is 0 Å². The Labute approximate surface area is 113 Å². The van der Waals surface area contributed by atoms with E-state index >= 15 is 0 Å². The summed E-state index contributed by atoms with van der Waals surface area (Å²) in [5, 5.41) is 3.83. The molecule has 1 fully saturated rings. The number of anilines is 1. The van der Waals surface area contributed by atoms with Gasteiger partial charge in [0, 0.05) is 22.8 Å². The van der Waals surface area contributed by atoms with Gasteiger partial charge in [0.2, 0.25) is 0 Å². The van der Waals surface area contributed by atoms with Gasteiger partial charge >= 0.3 is 0 Å². The van der Waals surface area contributed by atoms with E-state index in [0.717, 1.165) is 18.5 Å². The third kappa shape index (κ3) is 3.36. The normalized spacial score (nSPS) is 19.3. The Morgan fingerprint density at radius 1 is 1.17 bits per heavy atom. The van der Waals surface area contributed by atoms with Crippen LogP contribution < -0.4 is 11.1 Å². The van der Waals surface area contributed by atoms with Crippen LogP contribution in [0.4, 0.5) is 10.1 Å². The Balaban J connectivity index is 2.17. The Morgan fingerprint density at radius 3 is 2.39 bits per heavy atom. The van der Waals surface area contributed by atoms with Crippen LogP contribution >= 0.6 is 11.6 Å². The molecule has 0 spiro atoms. The Kier molecular flexibility index (Phi) is 4.46. The van der Waals surface area contributed by atoms with E-state index in [9.17, 15) is 4.39 Å². The van der Waals surface area contributed by atoms with Gasteiger partial charge < -0.3 is 11.1 Å². The van der Waals surface area contributed by atoms with Crippen molar-refractivity contribution < 1.29 is 4.39 Å². The number of hydrogen-bond acceptors (Lipinski definition) is 2. The standard InChI is InChI=1S/C14H20ClFN2/c15-11-7-12(16)9-13(8-11)18-14(10-17)5-3-1-2-4-6-14/h7-9,18H,1-6,10,17H2. The first-order valence-electron chi connectivity index (χ1n) is 6.58. The zero-order valence-electron chi connectivity index (χ0n) is 10.5. The van der Waals surface area contributed by atoms with Crippen molar-refractivity contribution in [3.63, 3.8) is 0 Å². The van der Waals surface area contributed by atoms with E-state index in [0.29, 0.717) is 11.6 Å². The van der Waals surface area contributed by atoms with Gasteiger partial charge in [0.15, 0.2) is 0 Å². The van der Waals surface area contributed by atoms with Crippen LogP contribution in [-0.4, -0.2) is 12.1 Å². The van der Waals surface area contributed by atoms with Crippen molar-refractivity contribution in [1.82, 2.24) is 0 Å². The second kappa shape index (κ2) is 5.89. The third-order valence-electron chi connectivity index (χ3n) is 3.72. The molecule has 2 nitrogen and oxygen atoms in total. The molecule has 1 aromatic rings. The molecule has 0 unspecified atom stereocenters. The lowest BCUT2D eigenvalue weighted by Crippen LogP contribution is -2.45. The highest BCUT2D eigenvalue weighted by Crippen LogP contribution is 2.31. The summed E-state index contributed by atoms with van der Waals surface area (Å²) < 4.78 is 13.3. The van der Waals surface area contributed by atoms with Crippen molar-refractivity contribution in [1.29, 1.82) is 0 Å². The molecule has 0 heterocycles. The van der Waals surface area contributed by atoms with Crippen LogP contribution in [0.15, 0.2) is 18.2 Å². The number of halogens is 2. The van der Waals surface area contributed by atoms with Crippen LogP contribution in [0.2, 0.25) is 5.02 Å². The van der Waals surface area contributed by atoms with Crippen LogP contribution in [0.5, 0.6) is 0 Å². The highest BCUT2D eigenvalue weighted by molar-refractivity contribution is 6.30. The number of rotatable bonds is 3. The maximum atomic E-state index is 13.3. The smallest absolute Gasteiger partial charge is 0.126 e. The number of nitrogens with one attached hydrogen (secondary N) is 1. The molecule has 3 N–H and O–H groups in total. The van der Waals surface area contributed by atoms with Gasteiger partial charge in [-0.05, 0) is 31.0 Å². The first kappa shape index (κ1) is 13.6. The van der Waals surface area contributed by atoms with E-state index < -0.39 is 0 Å². The average Bonchev–Trinajstić information content (AvgIpc) is 2.54. The van der Waals surface area contributed by atoms with Crippen LogP contribution in [0.25, 0.3) is 0 Å². The zero-order chi connectivity index (χ0) is 13.0. The molecule has 4 heteroatoms. The zero-order valence-corrected chi connectivity index (χ0v) is 11.3. The lowest BCUT2D eigenvalue weighted by atomic mass is 9.90. The lowest BCUT2D eigenvalue weighted by molar-refractivity contribution is 0.417. The fourth-order valence-electron chi connectivity index (χ4n) is 2.72. The highest BCUT2D eigenvalue weighted by atomic mass is 35.5. The van der Waals surface area contributed by atoms with Crippen molar-refractivity contribution in [2.24, 2.45) is 5.73 Å². The molecule has 0 bridgehead atoms. The lowest BCUT2D eigenvalue weighted by Gasteiger charge is -2.34. The fraction of sp³-hybridized carbons (Fsp3) is 0.571. The summed E-state index contributed by atoms with van der Waals surface area (Å²) in [7, 11) is 0. The SMILES string of the molecule is NCC1(Nc2cc(F)cc(Cl)c2)CCCCCC1. The molecule has 18 heavy (non-hydrogen) atoms. The Bertz CT molecular complexity index is 381. The first-order chi connectivity index (χ1) is 8.63. The summed E-state index contributed by atoms with van der Waals surface area (Å²) >= 11 is 5.88. The molecule has 1 aromatic carbocycles. The monoisotopic (exact) mass is 270 g/mol. The van der Waals surface area contributed by atoms with E-state index in [1.807, 2.05) is 0 Å².